The molecule has 1 N–H and O–H groups in total. The van der Waals surface area contributed by atoms with E-state index < -0.39 is 29.4 Å². The Morgan fingerprint density at radius 3 is 1.95 bits per heavy atom. The lowest BCUT2D eigenvalue weighted by molar-refractivity contribution is -0.199. The predicted molar refractivity (Wildman–Crippen MR) is 60.4 cm³/mol. The minimum atomic E-state index is -5.11. The SMILES string of the molecule is C=CC(NC(=O)OC(C)(C)C)(C(=O)OC)C(F)(F)F. The van der Waals surface area contributed by atoms with E-state index in [0.717, 1.165) is 7.11 Å². The van der Waals surface area contributed by atoms with Gasteiger partial charge in [0.05, 0.1) is 7.11 Å². The number of halogens is 3. The zero-order valence-electron chi connectivity index (χ0n) is 11.1. The smallest absolute Gasteiger partial charge is 0.426 e. The Bertz CT molecular complexity index is 373. The van der Waals surface area contributed by atoms with Gasteiger partial charge in [-0.2, -0.15) is 13.2 Å². The first-order valence-corrected chi connectivity index (χ1v) is 5.19. The summed E-state index contributed by atoms with van der Waals surface area (Å²) in [6.07, 6.45) is -6.27. The molecule has 1 unspecified atom stereocenters. The molecule has 1 amide bonds. The minimum Gasteiger partial charge on any atom is -0.467 e. The van der Waals surface area contributed by atoms with Crippen molar-refractivity contribution in [2.45, 2.75) is 38.1 Å². The molecule has 0 rings (SSSR count). The quantitative estimate of drug-likeness (QED) is 0.637. The van der Waals surface area contributed by atoms with Crippen LogP contribution in [0.3, 0.4) is 0 Å². The lowest BCUT2D eigenvalue weighted by Crippen LogP contribution is -2.63. The number of esters is 1. The molecule has 0 aliphatic heterocycles. The zero-order valence-corrected chi connectivity index (χ0v) is 11.1. The van der Waals surface area contributed by atoms with Gasteiger partial charge in [0.25, 0.3) is 5.54 Å². The number of carbonyl (C=O) groups is 2. The van der Waals surface area contributed by atoms with E-state index in [1.165, 1.54) is 26.1 Å². The molecule has 0 aliphatic rings. The number of nitrogens with one attached hydrogen (secondary N) is 1. The van der Waals surface area contributed by atoms with E-state index in [4.69, 9.17) is 0 Å². The van der Waals surface area contributed by atoms with Crippen molar-refractivity contribution in [3.05, 3.63) is 12.7 Å². The zero-order chi connectivity index (χ0) is 15.5. The molecule has 0 radical (unpaired) electrons. The molecule has 1 atom stereocenters. The molecule has 0 bridgehead atoms. The molecule has 5 nitrogen and oxygen atoms in total. The van der Waals surface area contributed by atoms with E-state index in [0.29, 0.717) is 0 Å². The molecule has 0 aromatic heterocycles. The second-order valence-corrected chi connectivity index (χ2v) is 4.63. The number of methoxy groups -OCH3 is 1. The van der Waals surface area contributed by atoms with E-state index in [2.05, 4.69) is 16.1 Å². The van der Waals surface area contributed by atoms with Crippen molar-refractivity contribution < 1.29 is 32.2 Å². The molecule has 0 heterocycles. The predicted octanol–water partition coefficient (Wildman–Crippen LogP) is 2.17. The topological polar surface area (TPSA) is 64.6 Å². The van der Waals surface area contributed by atoms with Gasteiger partial charge in [-0.05, 0) is 26.8 Å². The summed E-state index contributed by atoms with van der Waals surface area (Å²) < 4.78 is 47.6. The van der Waals surface area contributed by atoms with Crippen LogP contribution in [0.1, 0.15) is 20.8 Å². The molecule has 8 heteroatoms. The van der Waals surface area contributed by atoms with Crippen LogP contribution in [-0.2, 0) is 14.3 Å². The van der Waals surface area contributed by atoms with E-state index in [9.17, 15) is 22.8 Å². The Hall–Kier alpha value is -1.73. The lowest BCUT2D eigenvalue weighted by Gasteiger charge is -2.31. The number of amides is 1. The number of rotatable bonds is 3. The van der Waals surface area contributed by atoms with Crippen LogP contribution in [0.5, 0.6) is 0 Å². The first-order chi connectivity index (χ1) is 8.39. The number of hydrogen-bond acceptors (Lipinski definition) is 4. The van der Waals surface area contributed by atoms with Crippen LogP contribution in [-0.4, -0.2) is 36.5 Å². The largest absolute Gasteiger partial charge is 0.467 e. The fourth-order valence-electron chi connectivity index (χ4n) is 1.11. The van der Waals surface area contributed by atoms with E-state index in [1.54, 1.807) is 0 Å². The van der Waals surface area contributed by atoms with Crippen molar-refractivity contribution in [1.29, 1.82) is 0 Å². The van der Waals surface area contributed by atoms with Gasteiger partial charge in [0.15, 0.2) is 0 Å². The van der Waals surface area contributed by atoms with Crippen LogP contribution >= 0.6 is 0 Å². The maximum Gasteiger partial charge on any atom is 0.426 e. The minimum absolute atomic E-state index is 0.253. The van der Waals surface area contributed by atoms with Crippen molar-refractivity contribution in [3.63, 3.8) is 0 Å². The molecule has 0 aromatic carbocycles. The Balaban J connectivity index is 5.35. The summed E-state index contributed by atoms with van der Waals surface area (Å²) >= 11 is 0. The third-order valence-electron chi connectivity index (χ3n) is 1.96. The molecule has 19 heavy (non-hydrogen) atoms. The number of alkyl carbamates (subject to hydrolysis) is 1. The highest BCUT2D eigenvalue weighted by Gasteiger charge is 2.61. The molecule has 0 saturated carbocycles. The van der Waals surface area contributed by atoms with Gasteiger partial charge >= 0.3 is 18.2 Å². The third kappa shape index (κ3) is 4.15. The van der Waals surface area contributed by atoms with Crippen molar-refractivity contribution >= 4 is 12.1 Å². The van der Waals surface area contributed by atoms with Crippen molar-refractivity contribution in [2.24, 2.45) is 0 Å². The van der Waals surface area contributed by atoms with Gasteiger partial charge in [-0.1, -0.05) is 6.58 Å². The molecule has 110 valence electrons. The Labute approximate surface area is 108 Å². The van der Waals surface area contributed by atoms with Crippen LogP contribution < -0.4 is 5.32 Å². The summed E-state index contributed by atoms with van der Waals surface area (Å²) in [5.74, 6) is -1.71. The average Bonchev–Trinajstić information content (AvgIpc) is 2.20. The summed E-state index contributed by atoms with van der Waals surface area (Å²) in [6, 6.07) is 0. The van der Waals surface area contributed by atoms with Crippen molar-refractivity contribution in [2.75, 3.05) is 7.11 Å². The summed E-state index contributed by atoms with van der Waals surface area (Å²) in [4.78, 5) is 22.7. The molecule has 0 fully saturated rings. The molecule has 0 saturated heterocycles. The number of carbonyl (C=O) groups excluding carboxylic acids is 2. The molecular weight excluding hydrogens is 267 g/mol. The maximum absolute atomic E-state index is 13.0. The Morgan fingerprint density at radius 2 is 1.68 bits per heavy atom. The normalized spacial score (nSPS) is 15.1. The van der Waals surface area contributed by atoms with Crippen LogP contribution in [0, 0.1) is 0 Å². The van der Waals surface area contributed by atoms with Crippen LogP contribution in [0.25, 0.3) is 0 Å². The van der Waals surface area contributed by atoms with Gasteiger partial charge in [-0.25, -0.2) is 9.59 Å². The molecular formula is C11H16F3NO4. The summed E-state index contributed by atoms with van der Waals surface area (Å²) in [5.41, 5.74) is -4.36. The Morgan fingerprint density at radius 1 is 1.21 bits per heavy atom. The van der Waals surface area contributed by atoms with Crippen LogP contribution in [0.2, 0.25) is 0 Å². The van der Waals surface area contributed by atoms with Crippen molar-refractivity contribution in [3.8, 4) is 0 Å². The van der Waals surface area contributed by atoms with E-state index in [-0.39, 0.29) is 6.08 Å². The third-order valence-corrected chi connectivity index (χ3v) is 1.96. The molecule has 0 aliphatic carbocycles. The monoisotopic (exact) mass is 283 g/mol. The lowest BCUT2D eigenvalue weighted by atomic mass is 9.99. The summed E-state index contributed by atoms with van der Waals surface area (Å²) in [5, 5.41) is 1.45. The second kappa shape index (κ2) is 5.50. The van der Waals surface area contributed by atoms with Gasteiger partial charge in [-0.3, -0.25) is 5.32 Å². The Kier molecular flexibility index (Phi) is 5.00. The van der Waals surface area contributed by atoms with Crippen LogP contribution in [0.15, 0.2) is 12.7 Å². The number of ether oxygens (including phenoxy) is 2. The maximum atomic E-state index is 13.0. The fourth-order valence-corrected chi connectivity index (χ4v) is 1.11. The van der Waals surface area contributed by atoms with Gasteiger partial charge in [0.1, 0.15) is 5.60 Å². The number of alkyl halides is 3. The molecule has 0 aromatic rings. The highest BCUT2D eigenvalue weighted by molar-refractivity contribution is 5.89. The first kappa shape index (κ1) is 17.3. The van der Waals surface area contributed by atoms with Crippen LogP contribution in [0.4, 0.5) is 18.0 Å². The van der Waals surface area contributed by atoms with Gasteiger partial charge in [0, 0.05) is 0 Å². The summed E-state index contributed by atoms with van der Waals surface area (Å²) in [6.45, 7) is 7.33. The highest BCUT2D eigenvalue weighted by atomic mass is 19.4. The highest BCUT2D eigenvalue weighted by Crippen LogP contribution is 2.33. The van der Waals surface area contributed by atoms with Gasteiger partial charge in [0.2, 0.25) is 0 Å². The average molecular weight is 283 g/mol. The van der Waals surface area contributed by atoms with E-state index in [1.807, 2.05) is 0 Å². The van der Waals surface area contributed by atoms with E-state index >= 15 is 0 Å². The second-order valence-electron chi connectivity index (χ2n) is 4.63. The summed E-state index contributed by atoms with van der Waals surface area (Å²) in [7, 11) is 0.767. The van der Waals surface area contributed by atoms with Gasteiger partial charge < -0.3 is 9.47 Å². The fraction of sp³-hybridized carbons (Fsp3) is 0.636. The van der Waals surface area contributed by atoms with Crippen molar-refractivity contribution in [1.82, 2.24) is 5.32 Å². The standard InChI is InChI=1S/C11H16F3NO4/c1-6-10(7(16)18-5,11(12,13)14)15-8(17)19-9(2,3)4/h6H,1H2,2-5H3,(H,15,17). The first-order valence-electron chi connectivity index (χ1n) is 5.19. The number of hydrogen-bond donors (Lipinski definition) is 1. The molecule has 0 spiro atoms. The van der Waals surface area contributed by atoms with Gasteiger partial charge in [-0.15, -0.1) is 0 Å².